The Hall–Kier alpha value is -2.57. The van der Waals surface area contributed by atoms with Crippen LogP contribution < -0.4 is 5.32 Å². The molecule has 0 saturated carbocycles. The highest BCUT2D eigenvalue weighted by molar-refractivity contribution is 7.17. The maximum Gasteiger partial charge on any atom is 0.267 e. The summed E-state index contributed by atoms with van der Waals surface area (Å²) in [4.78, 5) is 21.9. The predicted octanol–water partition coefficient (Wildman–Crippen LogP) is 3.91. The van der Waals surface area contributed by atoms with Gasteiger partial charge in [-0.2, -0.15) is 0 Å². The molecule has 2 aromatic heterocycles. The van der Waals surface area contributed by atoms with Gasteiger partial charge in [-0.3, -0.25) is 9.78 Å². The van der Waals surface area contributed by atoms with E-state index in [1.54, 1.807) is 13.3 Å². The van der Waals surface area contributed by atoms with Gasteiger partial charge in [0.25, 0.3) is 5.91 Å². The number of thiazole rings is 1. The smallest absolute Gasteiger partial charge is 0.267 e. The lowest BCUT2D eigenvalue weighted by Gasteiger charge is -2.06. The number of pyridine rings is 1. The van der Waals surface area contributed by atoms with Crippen LogP contribution in [0.3, 0.4) is 0 Å². The van der Waals surface area contributed by atoms with Gasteiger partial charge in [-0.25, -0.2) is 4.98 Å². The van der Waals surface area contributed by atoms with E-state index in [1.807, 2.05) is 49.4 Å². The van der Waals surface area contributed by atoms with Gasteiger partial charge in [0.1, 0.15) is 9.88 Å². The molecule has 0 aliphatic carbocycles. The highest BCUT2D eigenvalue weighted by atomic mass is 32.1. The third-order valence-electron chi connectivity index (χ3n) is 3.38. The molecular formula is C18H17N3O2S. The molecule has 0 bridgehead atoms. The van der Waals surface area contributed by atoms with E-state index >= 15 is 0 Å². The van der Waals surface area contributed by atoms with Gasteiger partial charge in [-0.05, 0) is 36.8 Å². The standard InChI is InChI=1S/C18H17N3O2S/c1-12-16(24-18(20-12)15-8-3-4-9-19-15)17(22)21-14-7-5-6-13(10-14)11-23-2/h3-10H,11H2,1-2H3,(H,21,22). The predicted molar refractivity (Wildman–Crippen MR) is 95.2 cm³/mol. The molecule has 0 unspecified atom stereocenters. The Balaban J connectivity index is 1.81. The van der Waals surface area contributed by atoms with Crippen molar-refractivity contribution in [2.45, 2.75) is 13.5 Å². The quantitative estimate of drug-likeness (QED) is 0.765. The fourth-order valence-electron chi connectivity index (χ4n) is 2.30. The molecule has 6 heteroatoms. The van der Waals surface area contributed by atoms with Crippen molar-refractivity contribution in [1.29, 1.82) is 0 Å². The Morgan fingerprint density at radius 1 is 1.25 bits per heavy atom. The SMILES string of the molecule is COCc1cccc(NC(=O)c2sc(-c3ccccn3)nc2C)c1. The molecule has 1 N–H and O–H groups in total. The van der Waals surface area contributed by atoms with Crippen molar-refractivity contribution in [2.75, 3.05) is 12.4 Å². The number of nitrogens with zero attached hydrogens (tertiary/aromatic N) is 2. The molecule has 24 heavy (non-hydrogen) atoms. The second kappa shape index (κ2) is 7.33. The number of aryl methyl sites for hydroxylation is 1. The van der Waals surface area contributed by atoms with Gasteiger partial charge < -0.3 is 10.1 Å². The van der Waals surface area contributed by atoms with Gasteiger partial charge in [-0.1, -0.05) is 18.2 Å². The number of carbonyl (C=O) groups excluding carboxylic acids is 1. The van der Waals surface area contributed by atoms with E-state index < -0.39 is 0 Å². The minimum atomic E-state index is -0.165. The van der Waals surface area contributed by atoms with Crippen LogP contribution in [0.25, 0.3) is 10.7 Å². The van der Waals surface area contributed by atoms with Gasteiger partial charge in [0, 0.05) is 19.0 Å². The third-order valence-corrected chi connectivity index (χ3v) is 4.56. The molecule has 1 amide bonds. The van der Waals surface area contributed by atoms with Crippen LogP contribution in [-0.2, 0) is 11.3 Å². The van der Waals surface area contributed by atoms with Gasteiger partial charge in [0.05, 0.1) is 18.0 Å². The monoisotopic (exact) mass is 339 g/mol. The topological polar surface area (TPSA) is 64.1 Å². The van der Waals surface area contributed by atoms with E-state index in [9.17, 15) is 4.79 Å². The van der Waals surface area contributed by atoms with Gasteiger partial charge in [0.15, 0.2) is 0 Å². The Morgan fingerprint density at radius 3 is 2.88 bits per heavy atom. The van der Waals surface area contributed by atoms with Crippen LogP contribution in [0.4, 0.5) is 5.69 Å². The fraction of sp³-hybridized carbons (Fsp3) is 0.167. The average Bonchev–Trinajstić information content (AvgIpc) is 2.98. The lowest BCUT2D eigenvalue weighted by atomic mass is 10.2. The van der Waals surface area contributed by atoms with Crippen molar-refractivity contribution in [3.05, 3.63) is 64.8 Å². The first kappa shape index (κ1) is 16.3. The second-order valence-electron chi connectivity index (χ2n) is 5.24. The van der Waals surface area contributed by atoms with Crippen LogP contribution in [0.2, 0.25) is 0 Å². The molecule has 3 rings (SSSR count). The Morgan fingerprint density at radius 2 is 2.12 bits per heavy atom. The highest BCUT2D eigenvalue weighted by Gasteiger charge is 2.17. The van der Waals surface area contributed by atoms with E-state index in [1.165, 1.54) is 11.3 Å². The van der Waals surface area contributed by atoms with Crippen molar-refractivity contribution >= 4 is 22.9 Å². The first-order valence-electron chi connectivity index (χ1n) is 7.45. The molecule has 0 aliphatic heterocycles. The minimum absolute atomic E-state index is 0.165. The molecule has 122 valence electrons. The number of benzene rings is 1. The number of ether oxygens (including phenoxy) is 1. The summed E-state index contributed by atoms with van der Waals surface area (Å²) in [5.74, 6) is -0.165. The molecule has 1 aromatic carbocycles. The molecule has 2 heterocycles. The van der Waals surface area contributed by atoms with E-state index in [-0.39, 0.29) is 5.91 Å². The van der Waals surface area contributed by atoms with Crippen LogP contribution in [0, 0.1) is 6.92 Å². The zero-order valence-electron chi connectivity index (χ0n) is 13.4. The fourth-order valence-corrected chi connectivity index (χ4v) is 3.24. The summed E-state index contributed by atoms with van der Waals surface area (Å²) in [5.41, 5.74) is 3.21. The number of methoxy groups -OCH3 is 1. The molecular weight excluding hydrogens is 322 g/mol. The van der Waals surface area contributed by atoms with E-state index in [2.05, 4.69) is 15.3 Å². The van der Waals surface area contributed by atoms with Crippen molar-refractivity contribution in [3.8, 4) is 10.7 Å². The molecule has 0 spiro atoms. The molecule has 0 saturated heterocycles. The number of aromatic nitrogens is 2. The summed E-state index contributed by atoms with van der Waals surface area (Å²) in [6, 6.07) is 13.2. The number of nitrogens with one attached hydrogen (secondary N) is 1. The zero-order valence-corrected chi connectivity index (χ0v) is 14.3. The van der Waals surface area contributed by atoms with Crippen molar-refractivity contribution < 1.29 is 9.53 Å². The summed E-state index contributed by atoms with van der Waals surface area (Å²) in [6.07, 6.45) is 1.72. The zero-order chi connectivity index (χ0) is 16.9. The maximum absolute atomic E-state index is 12.6. The Labute approximate surface area is 144 Å². The molecule has 0 aliphatic rings. The summed E-state index contributed by atoms with van der Waals surface area (Å²) >= 11 is 1.34. The lowest BCUT2D eigenvalue weighted by Crippen LogP contribution is -2.11. The number of carbonyl (C=O) groups is 1. The van der Waals surface area contributed by atoms with Gasteiger partial charge in [-0.15, -0.1) is 11.3 Å². The normalized spacial score (nSPS) is 10.6. The molecule has 0 fully saturated rings. The van der Waals surface area contributed by atoms with E-state index in [0.29, 0.717) is 17.2 Å². The van der Waals surface area contributed by atoms with Crippen LogP contribution in [0.1, 0.15) is 20.9 Å². The average molecular weight is 339 g/mol. The first-order valence-corrected chi connectivity index (χ1v) is 8.27. The number of hydrogen-bond acceptors (Lipinski definition) is 5. The number of amides is 1. The van der Waals surface area contributed by atoms with Gasteiger partial charge in [0.2, 0.25) is 0 Å². The molecule has 0 radical (unpaired) electrons. The van der Waals surface area contributed by atoms with Crippen molar-refractivity contribution in [1.82, 2.24) is 9.97 Å². The summed E-state index contributed by atoms with van der Waals surface area (Å²) < 4.78 is 5.12. The summed E-state index contributed by atoms with van der Waals surface area (Å²) in [6.45, 7) is 2.34. The van der Waals surface area contributed by atoms with Gasteiger partial charge >= 0.3 is 0 Å². The Bertz CT molecular complexity index is 846. The maximum atomic E-state index is 12.6. The van der Waals surface area contributed by atoms with E-state index in [0.717, 1.165) is 22.0 Å². The van der Waals surface area contributed by atoms with Crippen LogP contribution >= 0.6 is 11.3 Å². The van der Waals surface area contributed by atoms with Crippen LogP contribution in [0.15, 0.2) is 48.7 Å². The van der Waals surface area contributed by atoms with E-state index in [4.69, 9.17) is 4.74 Å². The lowest BCUT2D eigenvalue weighted by molar-refractivity contribution is 0.103. The molecule has 3 aromatic rings. The third kappa shape index (κ3) is 3.67. The number of anilines is 1. The first-order chi connectivity index (χ1) is 11.7. The minimum Gasteiger partial charge on any atom is -0.380 e. The van der Waals surface area contributed by atoms with Crippen molar-refractivity contribution in [3.63, 3.8) is 0 Å². The van der Waals surface area contributed by atoms with Crippen LogP contribution in [-0.4, -0.2) is 23.0 Å². The summed E-state index contributed by atoms with van der Waals surface area (Å²) in [5, 5.41) is 3.66. The summed E-state index contributed by atoms with van der Waals surface area (Å²) in [7, 11) is 1.64. The highest BCUT2D eigenvalue weighted by Crippen LogP contribution is 2.27. The number of rotatable bonds is 5. The second-order valence-corrected chi connectivity index (χ2v) is 6.24. The number of hydrogen-bond donors (Lipinski definition) is 1. The Kier molecular flexibility index (Phi) is 4.98. The largest absolute Gasteiger partial charge is 0.380 e. The molecule has 5 nitrogen and oxygen atoms in total. The van der Waals surface area contributed by atoms with Crippen molar-refractivity contribution in [2.24, 2.45) is 0 Å². The molecule has 0 atom stereocenters. The van der Waals surface area contributed by atoms with Crippen LogP contribution in [0.5, 0.6) is 0 Å².